The van der Waals surface area contributed by atoms with Crippen LogP contribution in [0.25, 0.3) is 0 Å². The molecule has 0 saturated carbocycles. The van der Waals surface area contributed by atoms with Gasteiger partial charge >= 0.3 is 5.97 Å². The lowest BCUT2D eigenvalue weighted by molar-refractivity contribution is -0.153. The van der Waals surface area contributed by atoms with Crippen LogP contribution in [0.5, 0.6) is 0 Å². The Labute approximate surface area is 139 Å². The molecule has 7 heteroatoms. The fourth-order valence-electron chi connectivity index (χ4n) is 2.97. The molecule has 2 aromatic rings. The quantitative estimate of drug-likeness (QED) is 0.889. The Morgan fingerprint density at radius 2 is 2.12 bits per heavy atom. The van der Waals surface area contributed by atoms with Gasteiger partial charge in [0.25, 0.3) is 0 Å². The van der Waals surface area contributed by atoms with Crippen molar-refractivity contribution in [2.45, 2.75) is 19.1 Å². The average Bonchev–Trinajstić information content (AvgIpc) is 2.98. The second-order valence-electron chi connectivity index (χ2n) is 5.72. The zero-order valence-electron chi connectivity index (χ0n) is 13.4. The first kappa shape index (κ1) is 16.2. The number of benzene rings is 1. The van der Waals surface area contributed by atoms with Crippen molar-refractivity contribution in [3.8, 4) is 0 Å². The number of amides is 1. The predicted molar refractivity (Wildman–Crippen MR) is 85.1 cm³/mol. The number of aromatic nitrogens is 2. The number of hydrogen-bond acceptors (Lipinski definition) is 4. The predicted octanol–water partition coefficient (Wildman–Crippen LogP) is 1.15. The molecule has 1 atom stereocenters. The normalized spacial score (nSPS) is 16.7. The number of nitrogens with zero attached hydrogens (tertiary/aromatic N) is 3. The summed E-state index contributed by atoms with van der Waals surface area (Å²) in [4.78, 5) is 25.5. The molecule has 1 aromatic carbocycles. The van der Waals surface area contributed by atoms with E-state index in [1.54, 1.807) is 30.1 Å². The van der Waals surface area contributed by atoms with Gasteiger partial charge in [-0.05, 0) is 23.6 Å². The molecule has 126 valence electrons. The molecule has 24 heavy (non-hydrogen) atoms. The lowest BCUT2D eigenvalue weighted by Crippen LogP contribution is -2.45. The minimum absolute atomic E-state index is 0.156. The van der Waals surface area contributed by atoms with Crippen LogP contribution in [0.2, 0.25) is 0 Å². The van der Waals surface area contributed by atoms with Crippen LogP contribution >= 0.6 is 0 Å². The van der Waals surface area contributed by atoms with Gasteiger partial charge in [0.05, 0.1) is 12.3 Å². The Kier molecular flexibility index (Phi) is 4.61. The van der Waals surface area contributed by atoms with Gasteiger partial charge in [-0.2, -0.15) is 5.10 Å². The Balaban J connectivity index is 1.68. The SMILES string of the molecule is Cn1nccc1COCC(=O)N1CCc2ccccc2C1C(=O)O. The Bertz CT molecular complexity index is 756. The topological polar surface area (TPSA) is 84.7 Å². The van der Waals surface area contributed by atoms with E-state index >= 15 is 0 Å². The molecule has 0 spiro atoms. The van der Waals surface area contributed by atoms with Crippen molar-refractivity contribution in [3.63, 3.8) is 0 Å². The number of carboxylic acids is 1. The number of ether oxygens (including phenoxy) is 1. The maximum atomic E-state index is 12.5. The molecule has 0 bridgehead atoms. The fraction of sp³-hybridized carbons (Fsp3) is 0.353. The van der Waals surface area contributed by atoms with Gasteiger partial charge in [0.1, 0.15) is 6.61 Å². The van der Waals surface area contributed by atoms with Gasteiger partial charge in [-0.15, -0.1) is 0 Å². The summed E-state index contributed by atoms with van der Waals surface area (Å²) >= 11 is 0. The van der Waals surface area contributed by atoms with Crippen LogP contribution in [-0.2, 0) is 34.4 Å². The standard InChI is InChI=1S/C17H19N3O4/c1-19-13(6-8-18-19)10-24-11-15(21)20-9-7-12-4-2-3-5-14(12)16(20)17(22)23/h2-6,8,16H,7,9-11H2,1H3,(H,22,23). The van der Waals surface area contributed by atoms with E-state index in [2.05, 4.69) is 5.10 Å². The van der Waals surface area contributed by atoms with E-state index in [-0.39, 0.29) is 19.1 Å². The van der Waals surface area contributed by atoms with Crippen LogP contribution in [0.1, 0.15) is 22.9 Å². The summed E-state index contributed by atoms with van der Waals surface area (Å²) in [5, 5.41) is 13.6. The van der Waals surface area contributed by atoms with Crippen molar-refractivity contribution >= 4 is 11.9 Å². The van der Waals surface area contributed by atoms with Crippen molar-refractivity contribution in [1.29, 1.82) is 0 Å². The first-order valence-electron chi connectivity index (χ1n) is 7.72. The van der Waals surface area contributed by atoms with Crippen molar-refractivity contribution in [3.05, 3.63) is 53.3 Å². The summed E-state index contributed by atoms with van der Waals surface area (Å²) in [6, 6.07) is 8.20. The van der Waals surface area contributed by atoms with E-state index in [1.807, 2.05) is 18.2 Å². The zero-order chi connectivity index (χ0) is 17.1. The third-order valence-corrected chi connectivity index (χ3v) is 4.24. The van der Waals surface area contributed by atoms with Crippen molar-refractivity contribution < 1.29 is 19.4 Å². The van der Waals surface area contributed by atoms with E-state index in [9.17, 15) is 14.7 Å². The third-order valence-electron chi connectivity index (χ3n) is 4.24. The van der Waals surface area contributed by atoms with Crippen LogP contribution in [-0.4, -0.2) is 44.8 Å². The Morgan fingerprint density at radius 1 is 1.33 bits per heavy atom. The van der Waals surface area contributed by atoms with Gasteiger partial charge in [-0.3, -0.25) is 9.48 Å². The molecule has 1 aliphatic rings. The van der Waals surface area contributed by atoms with Crippen LogP contribution in [0.15, 0.2) is 36.5 Å². The smallest absolute Gasteiger partial charge is 0.331 e. The maximum Gasteiger partial charge on any atom is 0.331 e. The van der Waals surface area contributed by atoms with Crippen molar-refractivity contribution in [1.82, 2.24) is 14.7 Å². The highest BCUT2D eigenvalue weighted by Crippen LogP contribution is 2.30. The van der Waals surface area contributed by atoms with Crippen molar-refractivity contribution in [2.24, 2.45) is 7.05 Å². The number of carbonyl (C=O) groups excluding carboxylic acids is 1. The highest BCUT2D eigenvalue weighted by molar-refractivity contribution is 5.86. The number of carbonyl (C=O) groups is 2. The zero-order valence-corrected chi connectivity index (χ0v) is 13.4. The number of aliphatic carboxylic acids is 1. The molecule has 3 rings (SSSR count). The average molecular weight is 329 g/mol. The van der Waals surface area contributed by atoms with E-state index < -0.39 is 12.0 Å². The maximum absolute atomic E-state index is 12.5. The summed E-state index contributed by atoms with van der Waals surface area (Å²) in [7, 11) is 1.79. The molecule has 0 aliphatic carbocycles. The fourth-order valence-corrected chi connectivity index (χ4v) is 2.97. The van der Waals surface area contributed by atoms with Gasteiger partial charge in [0.2, 0.25) is 5.91 Å². The minimum Gasteiger partial charge on any atom is -0.479 e. The summed E-state index contributed by atoms with van der Waals surface area (Å²) in [5.41, 5.74) is 2.50. The van der Waals surface area contributed by atoms with Gasteiger partial charge in [0, 0.05) is 19.8 Å². The van der Waals surface area contributed by atoms with Crippen LogP contribution < -0.4 is 0 Å². The molecule has 0 radical (unpaired) electrons. The first-order chi connectivity index (χ1) is 11.6. The second kappa shape index (κ2) is 6.84. The van der Waals surface area contributed by atoms with Crippen molar-refractivity contribution in [2.75, 3.05) is 13.2 Å². The minimum atomic E-state index is -1.03. The largest absolute Gasteiger partial charge is 0.479 e. The third kappa shape index (κ3) is 3.16. The molecule has 1 aromatic heterocycles. The highest BCUT2D eigenvalue weighted by atomic mass is 16.5. The van der Waals surface area contributed by atoms with E-state index in [1.165, 1.54) is 4.90 Å². The molecule has 1 unspecified atom stereocenters. The van der Waals surface area contributed by atoms with Crippen LogP contribution in [0.3, 0.4) is 0 Å². The molecule has 1 amide bonds. The number of hydrogen-bond donors (Lipinski definition) is 1. The number of rotatable bonds is 5. The molecule has 0 saturated heterocycles. The first-order valence-corrected chi connectivity index (χ1v) is 7.72. The number of carboxylic acid groups (broad SMARTS) is 1. The number of fused-ring (bicyclic) bond motifs is 1. The Morgan fingerprint density at radius 3 is 2.83 bits per heavy atom. The monoisotopic (exact) mass is 329 g/mol. The number of aryl methyl sites for hydroxylation is 1. The summed E-state index contributed by atoms with van der Waals surface area (Å²) in [5.74, 6) is -1.35. The van der Waals surface area contributed by atoms with E-state index in [0.717, 1.165) is 11.3 Å². The molecular weight excluding hydrogens is 310 g/mol. The van der Waals surface area contributed by atoms with Gasteiger partial charge in [-0.25, -0.2) is 4.79 Å². The highest BCUT2D eigenvalue weighted by Gasteiger charge is 2.35. The second-order valence-corrected chi connectivity index (χ2v) is 5.72. The summed E-state index contributed by atoms with van der Waals surface area (Å²) in [6.07, 6.45) is 2.30. The molecule has 1 N–H and O–H groups in total. The van der Waals surface area contributed by atoms with Gasteiger partial charge < -0.3 is 14.7 Å². The molecule has 1 aliphatic heterocycles. The Hall–Kier alpha value is -2.67. The summed E-state index contributed by atoms with van der Waals surface area (Å²) in [6.45, 7) is 0.476. The molecule has 7 nitrogen and oxygen atoms in total. The molecule has 0 fully saturated rings. The lowest BCUT2D eigenvalue weighted by atomic mass is 9.92. The van der Waals surface area contributed by atoms with E-state index in [0.29, 0.717) is 18.5 Å². The van der Waals surface area contributed by atoms with Crippen LogP contribution in [0, 0.1) is 0 Å². The molecule has 2 heterocycles. The van der Waals surface area contributed by atoms with Gasteiger partial charge in [-0.1, -0.05) is 24.3 Å². The van der Waals surface area contributed by atoms with Gasteiger partial charge in [0.15, 0.2) is 6.04 Å². The van der Waals surface area contributed by atoms with Crippen LogP contribution in [0.4, 0.5) is 0 Å². The lowest BCUT2D eigenvalue weighted by Gasteiger charge is -2.34. The van der Waals surface area contributed by atoms with E-state index in [4.69, 9.17) is 4.74 Å². The summed E-state index contributed by atoms with van der Waals surface area (Å²) < 4.78 is 7.11. The molecular formula is C17H19N3O4.